The van der Waals surface area contributed by atoms with E-state index in [1.807, 2.05) is 0 Å². The lowest BCUT2D eigenvalue weighted by molar-refractivity contribution is -0.182. The molecule has 5 rings (SSSR count). The molecule has 0 aromatic carbocycles. The van der Waals surface area contributed by atoms with Gasteiger partial charge < -0.3 is 9.84 Å². The van der Waals surface area contributed by atoms with Crippen LogP contribution in [0.1, 0.15) is 34.5 Å². The summed E-state index contributed by atoms with van der Waals surface area (Å²) >= 11 is 7.23. The van der Waals surface area contributed by atoms with E-state index in [1.54, 1.807) is 6.20 Å². The molecule has 32 heavy (non-hydrogen) atoms. The molecule has 3 aromatic heterocycles. The second kappa shape index (κ2) is 8.11. The second-order valence-electron chi connectivity index (χ2n) is 8.07. The van der Waals surface area contributed by atoms with Crippen LogP contribution >= 0.6 is 22.9 Å². The van der Waals surface area contributed by atoms with E-state index >= 15 is 0 Å². The summed E-state index contributed by atoms with van der Waals surface area (Å²) in [5, 5.41) is 14.0. The lowest BCUT2D eigenvalue weighted by atomic mass is 9.84. The average molecular weight is 485 g/mol. The number of rotatable bonds is 4. The van der Waals surface area contributed by atoms with E-state index in [2.05, 4.69) is 15.0 Å². The van der Waals surface area contributed by atoms with Gasteiger partial charge in [0, 0.05) is 48.0 Å². The van der Waals surface area contributed by atoms with E-state index in [1.165, 1.54) is 29.1 Å². The topological polar surface area (TPSA) is 63.4 Å². The number of ether oxygens (including phenoxy) is 1. The minimum atomic E-state index is -3.04. The number of hydrogen-bond donors (Lipinski definition) is 1. The van der Waals surface area contributed by atoms with Crippen LogP contribution in [0.4, 0.5) is 13.2 Å². The minimum Gasteiger partial charge on any atom is -0.390 e. The maximum atomic E-state index is 14.3. The number of piperidine rings is 1. The molecule has 2 aliphatic heterocycles. The molecule has 1 N–H and O–H groups in total. The van der Waals surface area contributed by atoms with Gasteiger partial charge in [0.15, 0.2) is 11.6 Å². The summed E-state index contributed by atoms with van der Waals surface area (Å²) in [6.45, 7) is 0.756. The van der Waals surface area contributed by atoms with Gasteiger partial charge in [0.2, 0.25) is 0 Å². The predicted molar refractivity (Wildman–Crippen MR) is 113 cm³/mol. The van der Waals surface area contributed by atoms with E-state index in [0.717, 1.165) is 16.9 Å². The van der Waals surface area contributed by atoms with Gasteiger partial charge in [-0.25, -0.2) is 14.1 Å². The van der Waals surface area contributed by atoms with E-state index in [0.29, 0.717) is 47.4 Å². The van der Waals surface area contributed by atoms with Crippen molar-refractivity contribution in [3.8, 4) is 5.82 Å². The van der Waals surface area contributed by atoms with Crippen LogP contribution in [-0.2, 0) is 29.4 Å². The zero-order valence-electron chi connectivity index (χ0n) is 16.9. The van der Waals surface area contributed by atoms with E-state index in [9.17, 15) is 18.3 Å². The van der Waals surface area contributed by atoms with Crippen molar-refractivity contribution >= 4 is 22.9 Å². The summed E-state index contributed by atoms with van der Waals surface area (Å²) in [4.78, 5) is 6.68. The van der Waals surface area contributed by atoms with Crippen molar-refractivity contribution in [1.82, 2.24) is 19.7 Å². The van der Waals surface area contributed by atoms with Gasteiger partial charge in [-0.1, -0.05) is 11.6 Å². The van der Waals surface area contributed by atoms with Crippen LogP contribution in [0.5, 0.6) is 0 Å². The fourth-order valence-electron chi connectivity index (χ4n) is 4.39. The molecule has 0 aliphatic carbocycles. The summed E-state index contributed by atoms with van der Waals surface area (Å²) in [5.41, 5.74) is 0.418. The van der Waals surface area contributed by atoms with E-state index in [-0.39, 0.29) is 18.0 Å². The minimum absolute atomic E-state index is 0.0200. The molecule has 6 nitrogen and oxygen atoms in total. The zero-order valence-corrected chi connectivity index (χ0v) is 18.5. The van der Waals surface area contributed by atoms with Gasteiger partial charge in [-0.05, 0) is 31.0 Å². The van der Waals surface area contributed by atoms with E-state index < -0.39 is 23.9 Å². The number of alkyl halides is 2. The number of aliphatic hydroxyl groups excluding tert-OH is 1. The molecule has 0 radical (unpaired) electrons. The fraction of sp³-hybridized carbons (Fsp3) is 0.429. The molecule has 0 saturated carbocycles. The Bertz CT molecular complexity index is 1140. The van der Waals surface area contributed by atoms with Crippen molar-refractivity contribution in [2.24, 2.45) is 0 Å². The van der Waals surface area contributed by atoms with Gasteiger partial charge >= 0.3 is 0 Å². The summed E-state index contributed by atoms with van der Waals surface area (Å²) in [6.07, 6.45) is 4.23. The molecule has 1 saturated heterocycles. The largest absolute Gasteiger partial charge is 0.390 e. The van der Waals surface area contributed by atoms with Crippen molar-refractivity contribution in [3.05, 3.63) is 62.4 Å². The van der Waals surface area contributed by atoms with Crippen molar-refractivity contribution < 1.29 is 23.0 Å². The lowest BCUT2D eigenvalue weighted by Gasteiger charge is -2.45. The number of aromatic nitrogens is 3. The third-order valence-electron chi connectivity index (χ3n) is 6.08. The first kappa shape index (κ1) is 21.8. The number of thiophene rings is 1. The number of pyridine rings is 1. The molecule has 3 aromatic rings. The van der Waals surface area contributed by atoms with Crippen LogP contribution in [0.25, 0.3) is 5.82 Å². The van der Waals surface area contributed by atoms with Gasteiger partial charge in [0.1, 0.15) is 12.2 Å². The number of likely N-dealkylation sites (tertiary alicyclic amines) is 1. The quantitative estimate of drug-likeness (QED) is 0.600. The Morgan fingerprint density at radius 1 is 1.28 bits per heavy atom. The van der Waals surface area contributed by atoms with Crippen molar-refractivity contribution in [2.45, 2.75) is 37.5 Å². The Labute approximate surface area is 191 Å². The summed E-state index contributed by atoms with van der Waals surface area (Å²) < 4.78 is 50.1. The lowest BCUT2D eigenvalue weighted by Crippen LogP contribution is -2.48. The SMILES string of the molecule is OCc1nn(-c2ncccc2F)cc1CN1CCC2(CC1)OCC(F)(F)c1cc(Cl)sc12. The molecule has 0 amide bonds. The van der Waals surface area contributed by atoms with Crippen LogP contribution in [0.3, 0.4) is 0 Å². The molecule has 5 heterocycles. The van der Waals surface area contributed by atoms with Gasteiger partial charge in [0.25, 0.3) is 5.92 Å². The third-order valence-corrected chi connectivity index (χ3v) is 7.53. The smallest absolute Gasteiger partial charge is 0.297 e. The highest BCUT2D eigenvalue weighted by molar-refractivity contribution is 7.16. The normalized spacial score (nSPS) is 19.9. The van der Waals surface area contributed by atoms with Crippen molar-refractivity contribution in [3.63, 3.8) is 0 Å². The fourth-order valence-corrected chi connectivity index (χ4v) is 5.87. The summed E-state index contributed by atoms with van der Waals surface area (Å²) in [5.74, 6) is -3.49. The molecule has 0 atom stereocenters. The monoisotopic (exact) mass is 484 g/mol. The Morgan fingerprint density at radius 2 is 2.06 bits per heavy atom. The van der Waals surface area contributed by atoms with Gasteiger partial charge in [-0.15, -0.1) is 11.3 Å². The van der Waals surface area contributed by atoms with Crippen LogP contribution < -0.4 is 0 Å². The second-order valence-corrected chi connectivity index (χ2v) is 9.75. The molecule has 2 aliphatic rings. The molecule has 170 valence electrons. The first-order chi connectivity index (χ1) is 15.3. The predicted octanol–water partition coefficient (Wildman–Crippen LogP) is 4.23. The molecule has 1 spiro atoms. The molecular formula is C21H20ClF3N4O2S. The number of aliphatic hydroxyl groups is 1. The molecule has 1 fully saturated rings. The van der Waals surface area contributed by atoms with Crippen LogP contribution in [0.2, 0.25) is 4.34 Å². The molecular weight excluding hydrogens is 465 g/mol. The van der Waals surface area contributed by atoms with Gasteiger partial charge in [-0.3, -0.25) is 4.90 Å². The Kier molecular flexibility index (Phi) is 5.53. The maximum absolute atomic E-state index is 14.3. The number of fused-ring (bicyclic) bond motifs is 2. The Morgan fingerprint density at radius 3 is 2.78 bits per heavy atom. The third kappa shape index (κ3) is 3.73. The first-order valence-electron chi connectivity index (χ1n) is 10.1. The van der Waals surface area contributed by atoms with Gasteiger partial charge in [0.05, 0.1) is 16.6 Å². The number of nitrogens with zero attached hydrogens (tertiary/aromatic N) is 4. The first-order valence-corrected chi connectivity index (χ1v) is 11.3. The number of halogens is 4. The molecule has 0 bridgehead atoms. The van der Waals surface area contributed by atoms with Crippen molar-refractivity contribution in [1.29, 1.82) is 0 Å². The highest BCUT2D eigenvalue weighted by Gasteiger charge is 2.51. The van der Waals surface area contributed by atoms with E-state index in [4.69, 9.17) is 16.3 Å². The number of hydrogen-bond acceptors (Lipinski definition) is 6. The van der Waals surface area contributed by atoms with Crippen LogP contribution in [-0.4, -0.2) is 44.5 Å². The summed E-state index contributed by atoms with van der Waals surface area (Å²) in [7, 11) is 0. The Hall–Kier alpha value is -1.98. The standard InChI is InChI=1S/C21H20ClF3N4O2S/c22-17-8-14-18(32-17)20(31-12-21(14,24)25)3-6-28(7-4-20)9-13-10-29(27-16(13)11-30)19-15(23)2-1-5-26-19/h1-2,5,8,10,30H,3-4,6-7,9,11-12H2. The van der Waals surface area contributed by atoms with Crippen molar-refractivity contribution in [2.75, 3.05) is 19.7 Å². The molecule has 0 unspecified atom stereocenters. The Balaban J connectivity index is 1.34. The average Bonchev–Trinajstić information content (AvgIpc) is 3.37. The highest BCUT2D eigenvalue weighted by Crippen LogP contribution is 2.52. The van der Waals surface area contributed by atoms with Crippen LogP contribution in [0, 0.1) is 5.82 Å². The summed E-state index contributed by atoms with van der Waals surface area (Å²) in [6, 6.07) is 4.15. The van der Waals surface area contributed by atoms with Crippen LogP contribution in [0.15, 0.2) is 30.6 Å². The maximum Gasteiger partial charge on any atom is 0.297 e. The molecule has 11 heteroatoms. The highest BCUT2D eigenvalue weighted by atomic mass is 35.5. The van der Waals surface area contributed by atoms with Gasteiger partial charge in [-0.2, -0.15) is 13.9 Å². The zero-order chi connectivity index (χ0) is 22.5.